The van der Waals surface area contributed by atoms with E-state index in [4.69, 9.17) is 10.5 Å². The summed E-state index contributed by atoms with van der Waals surface area (Å²) in [4.78, 5) is 11.6. The monoisotopic (exact) mass is 144 g/mol. The lowest BCUT2D eigenvalue weighted by Crippen LogP contribution is -2.25. The topological polar surface area (TPSA) is 64.4 Å². The fourth-order valence-electron chi connectivity index (χ4n) is 0.431. The van der Waals surface area contributed by atoms with Crippen molar-refractivity contribution in [3.8, 4) is 0 Å². The summed E-state index contributed by atoms with van der Waals surface area (Å²) < 4.78 is 0. The molecule has 0 unspecified atom stereocenters. The summed E-state index contributed by atoms with van der Waals surface area (Å²) in [6.07, 6.45) is 0.0900. The Balaban J connectivity index is 3.49. The number of nitrogens with one attached hydrogen (secondary N) is 1. The average molecular weight is 144 g/mol. The predicted octanol–water partition coefficient (Wildman–Crippen LogP) is 0.390. The van der Waals surface area contributed by atoms with Gasteiger partial charge in [0.2, 0.25) is 0 Å². The summed E-state index contributed by atoms with van der Waals surface area (Å²) in [5.74, 6) is -0.436. The van der Waals surface area contributed by atoms with Crippen molar-refractivity contribution in [3.63, 3.8) is 0 Å². The van der Waals surface area contributed by atoms with Crippen molar-refractivity contribution in [1.82, 2.24) is 4.90 Å². The van der Waals surface area contributed by atoms with Crippen molar-refractivity contribution in [1.29, 1.82) is 5.41 Å². The van der Waals surface area contributed by atoms with Crippen molar-refractivity contribution in [2.24, 2.45) is 0 Å². The lowest BCUT2D eigenvalue weighted by atomic mass is 10.4. The van der Waals surface area contributed by atoms with Gasteiger partial charge < -0.3 is 10.0 Å². The van der Waals surface area contributed by atoms with Crippen LogP contribution in [0.5, 0.6) is 0 Å². The molecule has 0 heterocycles. The van der Waals surface area contributed by atoms with E-state index in [9.17, 15) is 4.79 Å². The second kappa shape index (κ2) is 3.87. The lowest BCUT2D eigenvalue weighted by Gasteiger charge is -2.14. The largest absolute Gasteiger partial charge is 0.481 e. The van der Waals surface area contributed by atoms with Crippen LogP contribution in [0.3, 0.4) is 0 Å². The van der Waals surface area contributed by atoms with Crippen LogP contribution in [0.4, 0.5) is 0 Å². The first kappa shape index (κ1) is 8.94. The minimum atomic E-state index is -0.826. The fourth-order valence-corrected chi connectivity index (χ4v) is 0.431. The second-order valence-corrected chi connectivity index (χ2v) is 2.15. The summed E-state index contributed by atoms with van der Waals surface area (Å²) in [5, 5.41) is 15.3. The molecule has 4 nitrogen and oxygen atoms in total. The Labute approximate surface area is 60.0 Å². The minimum Gasteiger partial charge on any atom is -0.481 e. The van der Waals surface area contributed by atoms with Gasteiger partial charge in [0.1, 0.15) is 0 Å². The van der Waals surface area contributed by atoms with Gasteiger partial charge in [0.15, 0.2) is 0 Å². The van der Waals surface area contributed by atoms with Gasteiger partial charge in [0.05, 0.1) is 12.3 Å². The highest BCUT2D eigenvalue weighted by Crippen LogP contribution is 1.87. The Bertz CT molecular complexity index is 145. The molecule has 0 aliphatic heterocycles. The van der Waals surface area contributed by atoms with E-state index in [2.05, 4.69) is 0 Å². The lowest BCUT2D eigenvalue weighted by molar-refractivity contribution is -0.137. The van der Waals surface area contributed by atoms with Crippen molar-refractivity contribution < 1.29 is 9.90 Å². The van der Waals surface area contributed by atoms with E-state index in [0.717, 1.165) is 0 Å². The van der Waals surface area contributed by atoms with Crippen LogP contribution in [0, 0.1) is 5.41 Å². The third-order valence-electron chi connectivity index (χ3n) is 1.23. The summed E-state index contributed by atoms with van der Waals surface area (Å²) in [5.41, 5.74) is 0. The molecule has 58 valence electrons. The van der Waals surface area contributed by atoms with Crippen molar-refractivity contribution in [3.05, 3.63) is 0 Å². The molecule has 0 rings (SSSR count). The van der Waals surface area contributed by atoms with E-state index < -0.39 is 5.97 Å². The van der Waals surface area contributed by atoms with Crippen LogP contribution in [0.2, 0.25) is 0 Å². The van der Waals surface area contributed by atoms with Crippen molar-refractivity contribution >= 4 is 11.8 Å². The van der Waals surface area contributed by atoms with Crippen LogP contribution in [0.15, 0.2) is 0 Å². The number of hydrogen-bond acceptors (Lipinski definition) is 2. The number of aliphatic carboxylic acids is 1. The molecular formula is C6H12N2O2. The molecule has 2 N–H and O–H groups in total. The molecule has 10 heavy (non-hydrogen) atoms. The molecule has 0 saturated carbocycles. The van der Waals surface area contributed by atoms with E-state index >= 15 is 0 Å². The SMILES string of the molecule is CC(=N)N(C)CCC(=O)O. The zero-order valence-corrected chi connectivity index (χ0v) is 6.22. The maximum Gasteiger partial charge on any atom is 0.305 e. The van der Waals surface area contributed by atoms with Gasteiger partial charge in [-0.05, 0) is 6.92 Å². The van der Waals surface area contributed by atoms with Crippen LogP contribution < -0.4 is 0 Å². The van der Waals surface area contributed by atoms with Gasteiger partial charge in [-0.15, -0.1) is 0 Å². The van der Waals surface area contributed by atoms with E-state index in [-0.39, 0.29) is 6.42 Å². The van der Waals surface area contributed by atoms with Gasteiger partial charge in [-0.3, -0.25) is 10.2 Å². The van der Waals surface area contributed by atoms with Gasteiger partial charge in [-0.25, -0.2) is 0 Å². The molecule has 0 fully saturated rings. The third-order valence-corrected chi connectivity index (χ3v) is 1.23. The Kier molecular flexibility index (Phi) is 3.46. The van der Waals surface area contributed by atoms with E-state index in [1.807, 2.05) is 0 Å². The van der Waals surface area contributed by atoms with Crippen LogP contribution in [-0.2, 0) is 4.79 Å². The van der Waals surface area contributed by atoms with Crippen LogP contribution in [0.25, 0.3) is 0 Å². The molecule has 4 heteroatoms. The normalized spacial score (nSPS) is 9.00. The fraction of sp³-hybridized carbons (Fsp3) is 0.667. The maximum absolute atomic E-state index is 10.0. The average Bonchev–Trinajstić information content (AvgIpc) is 1.82. The summed E-state index contributed by atoms with van der Waals surface area (Å²) in [7, 11) is 1.70. The molecule has 0 aliphatic rings. The smallest absolute Gasteiger partial charge is 0.305 e. The standard InChI is InChI=1S/C6H12N2O2/c1-5(7)8(2)4-3-6(9)10/h7H,3-4H2,1-2H3,(H,9,10). The zero-order valence-electron chi connectivity index (χ0n) is 6.22. The number of amidine groups is 1. The quantitative estimate of drug-likeness (QED) is 0.445. The first-order valence-corrected chi connectivity index (χ1v) is 3.02. The van der Waals surface area contributed by atoms with Gasteiger partial charge in [-0.1, -0.05) is 0 Å². The highest BCUT2D eigenvalue weighted by Gasteiger charge is 2.01. The van der Waals surface area contributed by atoms with E-state index in [0.29, 0.717) is 12.4 Å². The molecule has 0 radical (unpaired) electrons. The first-order valence-electron chi connectivity index (χ1n) is 3.02. The Hall–Kier alpha value is -1.06. The van der Waals surface area contributed by atoms with Gasteiger partial charge >= 0.3 is 5.97 Å². The summed E-state index contributed by atoms with van der Waals surface area (Å²) >= 11 is 0. The number of carbonyl (C=O) groups is 1. The predicted molar refractivity (Wildman–Crippen MR) is 38.3 cm³/mol. The Morgan fingerprint density at radius 2 is 2.20 bits per heavy atom. The molecule has 0 spiro atoms. The molecule has 0 saturated heterocycles. The van der Waals surface area contributed by atoms with Crippen molar-refractivity contribution in [2.75, 3.05) is 13.6 Å². The highest BCUT2D eigenvalue weighted by atomic mass is 16.4. The molecule has 0 aromatic carbocycles. The molecule has 0 atom stereocenters. The van der Waals surface area contributed by atoms with Crippen LogP contribution >= 0.6 is 0 Å². The highest BCUT2D eigenvalue weighted by molar-refractivity contribution is 5.76. The molecular weight excluding hydrogens is 132 g/mol. The third kappa shape index (κ3) is 3.88. The summed E-state index contributed by atoms with van der Waals surface area (Å²) in [6, 6.07) is 0. The number of hydrogen-bond donors (Lipinski definition) is 2. The van der Waals surface area contributed by atoms with Gasteiger partial charge in [-0.2, -0.15) is 0 Å². The van der Waals surface area contributed by atoms with Crippen molar-refractivity contribution in [2.45, 2.75) is 13.3 Å². The maximum atomic E-state index is 10.0. The molecule has 0 aliphatic carbocycles. The van der Waals surface area contributed by atoms with E-state index in [1.165, 1.54) is 0 Å². The molecule has 0 bridgehead atoms. The minimum absolute atomic E-state index is 0.0900. The van der Waals surface area contributed by atoms with E-state index in [1.54, 1.807) is 18.9 Å². The molecule has 0 amide bonds. The van der Waals surface area contributed by atoms with Crippen LogP contribution in [0.1, 0.15) is 13.3 Å². The molecule has 0 aromatic rings. The van der Waals surface area contributed by atoms with Gasteiger partial charge in [0.25, 0.3) is 0 Å². The van der Waals surface area contributed by atoms with Gasteiger partial charge in [0, 0.05) is 13.6 Å². The number of nitrogens with zero attached hydrogens (tertiary/aromatic N) is 1. The zero-order chi connectivity index (χ0) is 8.15. The number of carboxylic acid groups (broad SMARTS) is 1. The first-order chi connectivity index (χ1) is 4.54. The molecule has 0 aromatic heterocycles. The Morgan fingerprint density at radius 1 is 1.70 bits per heavy atom. The second-order valence-electron chi connectivity index (χ2n) is 2.15. The van der Waals surface area contributed by atoms with Crippen LogP contribution in [-0.4, -0.2) is 35.4 Å². The summed E-state index contributed by atoms with van der Waals surface area (Å²) in [6.45, 7) is 2.03. The Morgan fingerprint density at radius 3 is 2.50 bits per heavy atom. The number of carboxylic acids is 1. The number of rotatable bonds is 3.